The number of rotatable bonds is 7. The first-order chi connectivity index (χ1) is 12.0. The minimum absolute atomic E-state index is 0.00111. The molecule has 8 heteroatoms. The molecule has 1 aromatic heterocycles. The number of carbonyl (C=O) groups is 2. The lowest BCUT2D eigenvalue weighted by molar-refractivity contribution is -0.124. The second kappa shape index (κ2) is 7.53. The van der Waals surface area contributed by atoms with Crippen molar-refractivity contribution in [1.29, 1.82) is 0 Å². The van der Waals surface area contributed by atoms with Crippen LogP contribution < -0.4 is 10.6 Å². The predicted molar refractivity (Wildman–Crippen MR) is 90.2 cm³/mol. The fourth-order valence-corrected chi connectivity index (χ4v) is 3.73. The van der Waals surface area contributed by atoms with Crippen LogP contribution in [0.5, 0.6) is 0 Å². The molecule has 2 N–H and O–H groups in total. The molecule has 25 heavy (non-hydrogen) atoms. The Labute approximate surface area is 147 Å². The second-order valence-corrected chi connectivity index (χ2v) is 6.60. The van der Waals surface area contributed by atoms with Gasteiger partial charge in [-0.25, -0.2) is 0 Å². The van der Waals surface area contributed by atoms with Gasteiger partial charge in [0.1, 0.15) is 5.69 Å². The summed E-state index contributed by atoms with van der Waals surface area (Å²) in [6.07, 6.45) is 0.896. The van der Waals surface area contributed by atoms with E-state index in [9.17, 15) is 9.59 Å². The minimum atomic E-state index is -0.178. The summed E-state index contributed by atoms with van der Waals surface area (Å²) in [7, 11) is 0. The van der Waals surface area contributed by atoms with E-state index in [2.05, 4.69) is 15.7 Å². The molecule has 1 saturated heterocycles. The van der Waals surface area contributed by atoms with Gasteiger partial charge in [-0.2, -0.15) is 5.10 Å². The van der Waals surface area contributed by atoms with Gasteiger partial charge < -0.3 is 20.1 Å². The van der Waals surface area contributed by atoms with Crippen molar-refractivity contribution >= 4 is 11.8 Å². The van der Waals surface area contributed by atoms with E-state index >= 15 is 0 Å². The molecule has 3 rings (SSSR count). The van der Waals surface area contributed by atoms with E-state index in [-0.39, 0.29) is 35.9 Å². The van der Waals surface area contributed by atoms with Crippen LogP contribution in [0.2, 0.25) is 0 Å². The molecule has 0 spiro atoms. The number of fused-ring (bicyclic) bond motifs is 1. The third-order valence-corrected chi connectivity index (χ3v) is 4.84. The first kappa shape index (κ1) is 17.9. The number of aromatic nitrogens is 2. The van der Waals surface area contributed by atoms with Crippen LogP contribution in [0.15, 0.2) is 6.07 Å². The van der Waals surface area contributed by atoms with Gasteiger partial charge in [0.25, 0.3) is 5.91 Å². The van der Waals surface area contributed by atoms with Gasteiger partial charge in [-0.3, -0.25) is 14.3 Å². The van der Waals surface area contributed by atoms with E-state index in [0.717, 1.165) is 12.1 Å². The van der Waals surface area contributed by atoms with Gasteiger partial charge in [-0.1, -0.05) is 0 Å². The Morgan fingerprint density at radius 3 is 2.92 bits per heavy atom. The van der Waals surface area contributed by atoms with Gasteiger partial charge in [-0.05, 0) is 26.3 Å². The number of amides is 2. The molecule has 0 bridgehead atoms. The van der Waals surface area contributed by atoms with Gasteiger partial charge in [0.15, 0.2) is 0 Å². The highest BCUT2D eigenvalue weighted by Crippen LogP contribution is 2.39. The average molecular weight is 350 g/mol. The minimum Gasteiger partial charge on any atom is -0.380 e. The number of aryl methyl sites for hydroxylation is 1. The third kappa shape index (κ3) is 3.69. The van der Waals surface area contributed by atoms with Gasteiger partial charge in [-0.15, -0.1) is 0 Å². The molecule has 0 unspecified atom stereocenters. The standard InChI is InChI=1S/C17H26N4O4/c1-4-24-8-6-21-13(9-10(2)20-21)17(23)19-14-12-5-7-25-16(12)15(14)18-11(3)22/h9,12,14-16H,4-8H2,1-3H3,(H,18,22)(H,19,23)/t12-,14+,15-,16-/m1/s1. The van der Waals surface area contributed by atoms with Crippen LogP contribution in [0.4, 0.5) is 0 Å². The Morgan fingerprint density at radius 2 is 2.20 bits per heavy atom. The zero-order valence-electron chi connectivity index (χ0n) is 14.9. The maximum Gasteiger partial charge on any atom is 0.269 e. The van der Waals surface area contributed by atoms with Crippen LogP contribution in [0.1, 0.15) is 36.5 Å². The first-order valence-corrected chi connectivity index (χ1v) is 8.83. The maximum atomic E-state index is 12.8. The summed E-state index contributed by atoms with van der Waals surface area (Å²) in [6, 6.07) is 1.49. The molecule has 2 aliphatic rings. The van der Waals surface area contributed by atoms with Gasteiger partial charge in [0, 0.05) is 26.1 Å². The number of nitrogens with zero attached hydrogens (tertiary/aromatic N) is 2. The predicted octanol–water partition coefficient (Wildman–Crippen LogP) is 0.250. The maximum absolute atomic E-state index is 12.8. The molecule has 0 radical (unpaired) electrons. The zero-order valence-corrected chi connectivity index (χ0v) is 14.9. The first-order valence-electron chi connectivity index (χ1n) is 8.83. The molecule has 4 atom stereocenters. The lowest BCUT2D eigenvalue weighted by Gasteiger charge is -2.47. The fourth-order valence-electron chi connectivity index (χ4n) is 3.73. The highest BCUT2D eigenvalue weighted by Gasteiger charge is 2.55. The molecular weight excluding hydrogens is 324 g/mol. The van der Waals surface area contributed by atoms with E-state index in [1.165, 1.54) is 6.92 Å². The van der Waals surface area contributed by atoms with Crippen LogP contribution in [-0.4, -0.2) is 59.6 Å². The fraction of sp³-hybridized carbons (Fsp3) is 0.706. The lowest BCUT2D eigenvalue weighted by atomic mass is 9.71. The normalized spacial score (nSPS) is 27.5. The zero-order chi connectivity index (χ0) is 18.0. The molecule has 2 amide bonds. The largest absolute Gasteiger partial charge is 0.380 e. The van der Waals surface area contributed by atoms with Crippen molar-refractivity contribution < 1.29 is 19.1 Å². The van der Waals surface area contributed by atoms with E-state index in [0.29, 0.717) is 32.1 Å². The smallest absolute Gasteiger partial charge is 0.269 e. The summed E-state index contributed by atoms with van der Waals surface area (Å²) in [4.78, 5) is 24.2. The van der Waals surface area contributed by atoms with Crippen molar-refractivity contribution in [2.45, 2.75) is 51.9 Å². The topological polar surface area (TPSA) is 94.5 Å². The SMILES string of the molecule is CCOCCn1nc(C)cc1C(=O)N[C@H]1[C@H]2CCO[C@H]2[C@@H]1NC(C)=O. The van der Waals surface area contributed by atoms with Crippen LogP contribution in [0.25, 0.3) is 0 Å². The number of hydrogen-bond donors (Lipinski definition) is 2. The second-order valence-electron chi connectivity index (χ2n) is 6.60. The van der Waals surface area contributed by atoms with E-state index < -0.39 is 0 Å². The highest BCUT2D eigenvalue weighted by atomic mass is 16.5. The van der Waals surface area contributed by atoms with Gasteiger partial charge in [0.05, 0.1) is 37.0 Å². The van der Waals surface area contributed by atoms with Crippen LogP contribution >= 0.6 is 0 Å². The number of nitrogens with one attached hydrogen (secondary N) is 2. The molecular formula is C17H26N4O4. The molecule has 2 fully saturated rings. The number of ether oxygens (including phenoxy) is 2. The van der Waals surface area contributed by atoms with Crippen LogP contribution in [-0.2, 0) is 20.8 Å². The Bertz CT molecular complexity index is 645. The molecule has 0 aromatic carbocycles. The van der Waals surface area contributed by atoms with Crippen molar-refractivity contribution in [1.82, 2.24) is 20.4 Å². The highest BCUT2D eigenvalue weighted by molar-refractivity contribution is 5.93. The molecule has 1 aromatic rings. The van der Waals surface area contributed by atoms with Crippen LogP contribution in [0.3, 0.4) is 0 Å². The van der Waals surface area contributed by atoms with Crippen LogP contribution in [0, 0.1) is 12.8 Å². The Kier molecular flexibility index (Phi) is 5.39. The van der Waals surface area contributed by atoms with Crippen molar-refractivity contribution in [3.05, 3.63) is 17.5 Å². The Morgan fingerprint density at radius 1 is 1.40 bits per heavy atom. The monoisotopic (exact) mass is 350 g/mol. The number of hydrogen-bond acceptors (Lipinski definition) is 5. The van der Waals surface area contributed by atoms with Gasteiger partial charge in [0.2, 0.25) is 5.91 Å². The third-order valence-electron chi connectivity index (χ3n) is 4.84. The van der Waals surface area contributed by atoms with E-state index in [1.807, 2.05) is 13.8 Å². The lowest BCUT2D eigenvalue weighted by Crippen LogP contribution is -2.70. The van der Waals surface area contributed by atoms with Crippen molar-refractivity contribution in [3.8, 4) is 0 Å². The van der Waals surface area contributed by atoms with E-state index in [1.54, 1.807) is 10.7 Å². The summed E-state index contributed by atoms with van der Waals surface area (Å²) < 4.78 is 12.7. The summed E-state index contributed by atoms with van der Waals surface area (Å²) >= 11 is 0. The summed E-state index contributed by atoms with van der Waals surface area (Å²) in [6.45, 7) is 7.61. The summed E-state index contributed by atoms with van der Waals surface area (Å²) in [5, 5.41) is 10.3. The Hall–Kier alpha value is -1.93. The van der Waals surface area contributed by atoms with Crippen molar-refractivity contribution in [2.75, 3.05) is 19.8 Å². The summed E-state index contributed by atoms with van der Waals surface area (Å²) in [5.41, 5.74) is 1.30. The molecule has 8 nitrogen and oxygen atoms in total. The summed E-state index contributed by atoms with van der Waals surface area (Å²) in [5.74, 6) is -0.0414. The molecule has 1 aliphatic carbocycles. The average Bonchev–Trinajstić information content (AvgIpc) is 3.14. The van der Waals surface area contributed by atoms with E-state index in [4.69, 9.17) is 9.47 Å². The molecule has 138 valence electrons. The Balaban J connectivity index is 1.68. The quantitative estimate of drug-likeness (QED) is 0.688. The molecule has 1 aliphatic heterocycles. The van der Waals surface area contributed by atoms with Crippen molar-refractivity contribution in [2.24, 2.45) is 5.92 Å². The van der Waals surface area contributed by atoms with Crippen molar-refractivity contribution in [3.63, 3.8) is 0 Å². The molecule has 1 saturated carbocycles. The molecule has 2 heterocycles. The van der Waals surface area contributed by atoms with Gasteiger partial charge >= 0.3 is 0 Å². The number of carbonyl (C=O) groups excluding carboxylic acids is 2.